The maximum Gasteiger partial charge on any atom is 0.244 e. The van der Waals surface area contributed by atoms with Crippen molar-refractivity contribution in [3.05, 3.63) is 65.2 Å². The van der Waals surface area contributed by atoms with E-state index < -0.39 is 0 Å². The summed E-state index contributed by atoms with van der Waals surface area (Å²) in [7, 11) is 7.41. The van der Waals surface area contributed by atoms with Crippen molar-refractivity contribution in [3.63, 3.8) is 0 Å². The largest absolute Gasteiger partial charge is 0.493 e. The zero-order valence-corrected chi connectivity index (χ0v) is 15.8. The number of methoxy groups -OCH3 is 2. The Balaban J connectivity index is 1.98. The molecule has 2 N–H and O–H groups in total. The van der Waals surface area contributed by atoms with Crippen LogP contribution in [0.1, 0.15) is 16.7 Å². The van der Waals surface area contributed by atoms with Crippen molar-refractivity contribution in [1.29, 1.82) is 0 Å². The number of carbonyl (C=O) groups is 1. The Morgan fingerprint density at radius 3 is 2.38 bits per heavy atom. The number of hydrogen-bond acceptors (Lipinski definition) is 3. The Morgan fingerprint density at radius 1 is 1.04 bits per heavy atom. The van der Waals surface area contributed by atoms with Crippen LogP contribution in [-0.4, -0.2) is 34.2 Å². The zero-order chi connectivity index (χ0) is 18.9. The van der Waals surface area contributed by atoms with E-state index in [0.29, 0.717) is 18.0 Å². The van der Waals surface area contributed by atoms with Crippen LogP contribution >= 0.6 is 0 Å². The van der Waals surface area contributed by atoms with E-state index in [9.17, 15) is 4.79 Å². The van der Waals surface area contributed by atoms with Crippen LogP contribution in [0, 0.1) is 0 Å². The number of rotatable bonds is 8. The van der Waals surface area contributed by atoms with E-state index in [0.717, 1.165) is 17.7 Å². The fourth-order valence-electron chi connectivity index (χ4n) is 2.65. The predicted octanol–water partition coefficient (Wildman–Crippen LogP) is 1.68. The van der Waals surface area contributed by atoms with Crippen molar-refractivity contribution in [3.8, 4) is 11.5 Å². The first-order chi connectivity index (χ1) is 12.5. The standard InChI is InChI=1S/C21H26N2O3/c1-23(2)15-18-8-6-5-7-17(18)14-22-21(24)12-10-16-9-11-19(25-3)20(13-16)26-4/h5-13H,14-15H2,1-4H3,(H,22,24)/p+1/b12-10+. The highest BCUT2D eigenvalue weighted by atomic mass is 16.5. The van der Waals surface area contributed by atoms with Crippen LogP contribution in [0.3, 0.4) is 0 Å². The van der Waals surface area contributed by atoms with Crippen LogP contribution in [-0.2, 0) is 17.9 Å². The third-order valence-electron chi connectivity index (χ3n) is 3.95. The predicted molar refractivity (Wildman–Crippen MR) is 103 cm³/mol. The Hall–Kier alpha value is -2.79. The third kappa shape index (κ3) is 5.63. The van der Waals surface area contributed by atoms with Gasteiger partial charge in [-0.05, 0) is 29.3 Å². The molecule has 5 nitrogen and oxygen atoms in total. The molecule has 0 spiro atoms. The topological polar surface area (TPSA) is 52.0 Å². The number of quaternary nitrogens is 1. The molecule has 0 radical (unpaired) electrons. The van der Waals surface area contributed by atoms with Gasteiger partial charge in [0.15, 0.2) is 11.5 Å². The lowest BCUT2D eigenvalue weighted by atomic mass is 10.1. The fraction of sp³-hybridized carbons (Fsp3) is 0.286. The minimum Gasteiger partial charge on any atom is -0.493 e. The molecule has 138 valence electrons. The molecule has 5 heteroatoms. The first-order valence-electron chi connectivity index (χ1n) is 8.57. The second-order valence-corrected chi connectivity index (χ2v) is 6.32. The van der Waals surface area contributed by atoms with E-state index in [2.05, 4.69) is 31.5 Å². The first-order valence-corrected chi connectivity index (χ1v) is 8.57. The Morgan fingerprint density at radius 2 is 1.73 bits per heavy atom. The monoisotopic (exact) mass is 355 g/mol. The van der Waals surface area contributed by atoms with Crippen LogP contribution < -0.4 is 19.7 Å². The third-order valence-corrected chi connectivity index (χ3v) is 3.95. The molecule has 2 aromatic rings. The van der Waals surface area contributed by atoms with Gasteiger partial charge in [0, 0.05) is 18.2 Å². The Labute approximate surface area is 155 Å². The van der Waals surface area contributed by atoms with Crippen molar-refractivity contribution in [2.75, 3.05) is 28.3 Å². The van der Waals surface area contributed by atoms with Gasteiger partial charge in [0.25, 0.3) is 0 Å². The average Bonchev–Trinajstić information content (AvgIpc) is 2.64. The molecule has 0 saturated heterocycles. The molecule has 0 unspecified atom stereocenters. The van der Waals surface area contributed by atoms with Gasteiger partial charge in [-0.3, -0.25) is 4.79 Å². The lowest BCUT2D eigenvalue weighted by molar-refractivity contribution is -0.872. The number of carbonyl (C=O) groups excluding carboxylic acids is 1. The maximum absolute atomic E-state index is 12.1. The Kier molecular flexibility index (Phi) is 7.24. The van der Waals surface area contributed by atoms with Gasteiger partial charge < -0.3 is 19.7 Å². The highest BCUT2D eigenvalue weighted by Gasteiger charge is 2.06. The van der Waals surface area contributed by atoms with Crippen LogP contribution in [0.2, 0.25) is 0 Å². The molecule has 0 aliphatic rings. The summed E-state index contributed by atoms with van der Waals surface area (Å²) < 4.78 is 10.5. The average molecular weight is 355 g/mol. The summed E-state index contributed by atoms with van der Waals surface area (Å²) in [5.41, 5.74) is 3.26. The summed E-state index contributed by atoms with van der Waals surface area (Å²) in [6.45, 7) is 1.44. The highest BCUT2D eigenvalue weighted by Crippen LogP contribution is 2.27. The molecule has 1 amide bonds. The highest BCUT2D eigenvalue weighted by molar-refractivity contribution is 5.91. The van der Waals surface area contributed by atoms with Gasteiger partial charge in [0.2, 0.25) is 5.91 Å². The minimum absolute atomic E-state index is 0.133. The van der Waals surface area contributed by atoms with Crippen LogP contribution in [0.25, 0.3) is 6.08 Å². The molecule has 0 aliphatic heterocycles. The van der Waals surface area contributed by atoms with E-state index in [4.69, 9.17) is 9.47 Å². The van der Waals surface area contributed by atoms with Crippen molar-refractivity contribution in [1.82, 2.24) is 5.32 Å². The number of nitrogens with one attached hydrogen (secondary N) is 2. The second kappa shape index (κ2) is 9.63. The van der Waals surface area contributed by atoms with Gasteiger partial charge in [0.1, 0.15) is 6.54 Å². The maximum atomic E-state index is 12.1. The van der Waals surface area contributed by atoms with E-state index in [1.54, 1.807) is 20.3 Å². The van der Waals surface area contributed by atoms with E-state index in [1.807, 2.05) is 30.3 Å². The van der Waals surface area contributed by atoms with Gasteiger partial charge in [-0.2, -0.15) is 0 Å². The van der Waals surface area contributed by atoms with Crippen LogP contribution in [0.15, 0.2) is 48.5 Å². The van der Waals surface area contributed by atoms with Gasteiger partial charge in [-0.1, -0.05) is 30.3 Å². The molecule has 2 rings (SSSR count). The van der Waals surface area contributed by atoms with E-state index in [1.165, 1.54) is 16.5 Å². The molecule has 0 aromatic heterocycles. The van der Waals surface area contributed by atoms with E-state index in [-0.39, 0.29) is 5.91 Å². The second-order valence-electron chi connectivity index (χ2n) is 6.32. The molecule has 0 aliphatic carbocycles. The van der Waals surface area contributed by atoms with Crippen molar-refractivity contribution < 1.29 is 19.2 Å². The van der Waals surface area contributed by atoms with Crippen LogP contribution in [0.4, 0.5) is 0 Å². The normalized spacial score (nSPS) is 11.0. The van der Waals surface area contributed by atoms with Crippen molar-refractivity contribution >= 4 is 12.0 Å². The number of amides is 1. The van der Waals surface area contributed by atoms with Crippen molar-refractivity contribution in [2.45, 2.75) is 13.1 Å². The number of benzene rings is 2. The molecular formula is C21H27N2O3+. The first kappa shape index (κ1) is 19.5. The zero-order valence-electron chi connectivity index (χ0n) is 15.8. The number of ether oxygens (including phenoxy) is 2. The summed E-state index contributed by atoms with van der Waals surface area (Å²) in [5, 5.41) is 2.94. The molecule has 0 bridgehead atoms. The quantitative estimate of drug-likeness (QED) is 0.709. The molecule has 0 atom stereocenters. The van der Waals surface area contributed by atoms with E-state index >= 15 is 0 Å². The van der Waals surface area contributed by atoms with Gasteiger partial charge in [0.05, 0.1) is 28.3 Å². The lowest BCUT2D eigenvalue weighted by Gasteiger charge is -2.12. The molecule has 0 fully saturated rings. The van der Waals surface area contributed by atoms with Gasteiger partial charge in [-0.15, -0.1) is 0 Å². The molecule has 26 heavy (non-hydrogen) atoms. The molecule has 0 saturated carbocycles. The summed E-state index contributed by atoms with van der Waals surface area (Å²) in [6, 6.07) is 13.7. The van der Waals surface area contributed by atoms with Crippen LogP contribution in [0.5, 0.6) is 11.5 Å². The summed E-state index contributed by atoms with van der Waals surface area (Å²) >= 11 is 0. The molecule has 0 heterocycles. The lowest BCUT2D eigenvalue weighted by Crippen LogP contribution is -3.04. The SMILES string of the molecule is COc1ccc(/C=C/C(=O)NCc2ccccc2C[NH+](C)C)cc1OC. The molecule has 2 aromatic carbocycles. The minimum atomic E-state index is -0.133. The number of hydrogen-bond donors (Lipinski definition) is 2. The molecular weight excluding hydrogens is 328 g/mol. The summed E-state index contributed by atoms with van der Waals surface area (Å²) in [5.74, 6) is 1.16. The summed E-state index contributed by atoms with van der Waals surface area (Å²) in [4.78, 5) is 13.5. The fourth-order valence-corrected chi connectivity index (χ4v) is 2.65. The summed E-state index contributed by atoms with van der Waals surface area (Å²) in [6.07, 6.45) is 3.29. The van der Waals surface area contributed by atoms with Gasteiger partial charge >= 0.3 is 0 Å². The van der Waals surface area contributed by atoms with Gasteiger partial charge in [-0.25, -0.2) is 0 Å². The van der Waals surface area contributed by atoms with Crippen molar-refractivity contribution in [2.24, 2.45) is 0 Å². The Bertz CT molecular complexity index is 770. The smallest absolute Gasteiger partial charge is 0.244 e.